The minimum absolute atomic E-state index is 0.118. The molecule has 3 aromatic rings. The Balaban J connectivity index is 1.33. The van der Waals surface area contributed by atoms with Crippen molar-refractivity contribution >= 4 is 45.7 Å². The maximum atomic E-state index is 12.4. The van der Waals surface area contributed by atoms with Crippen molar-refractivity contribution in [1.82, 2.24) is 9.88 Å². The molecule has 1 aromatic heterocycles. The van der Waals surface area contributed by atoms with Crippen molar-refractivity contribution in [3.05, 3.63) is 77.3 Å². The molecule has 2 amide bonds. The number of carbonyl (C=O) groups excluding carboxylic acids is 2. The second-order valence-corrected chi connectivity index (χ2v) is 9.56. The zero-order valence-electron chi connectivity index (χ0n) is 19.6. The van der Waals surface area contributed by atoms with Crippen LogP contribution in [0.15, 0.2) is 66.1 Å². The lowest BCUT2D eigenvalue weighted by atomic mass is 9.99. The Morgan fingerprint density at radius 1 is 1.12 bits per heavy atom. The number of rotatable bonds is 7. The molecule has 4 rings (SSSR count). The maximum Gasteiger partial charge on any atom is 0.248 e. The van der Waals surface area contributed by atoms with E-state index in [2.05, 4.69) is 34.3 Å². The zero-order valence-corrected chi connectivity index (χ0v) is 20.4. The monoisotopic (exact) mass is 474 g/mol. The molecule has 176 valence electrons. The van der Waals surface area contributed by atoms with Crippen molar-refractivity contribution in [2.75, 3.05) is 23.3 Å². The van der Waals surface area contributed by atoms with Gasteiger partial charge in [-0.1, -0.05) is 37.3 Å². The van der Waals surface area contributed by atoms with E-state index in [4.69, 9.17) is 0 Å². The molecule has 0 unspecified atom stereocenters. The number of para-hydroxylation sites is 1. The molecule has 0 atom stereocenters. The van der Waals surface area contributed by atoms with Crippen molar-refractivity contribution < 1.29 is 9.59 Å². The second kappa shape index (κ2) is 11.2. The first-order valence-electron chi connectivity index (χ1n) is 11.6. The lowest BCUT2D eigenvalue weighted by molar-refractivity contribution is -0.116. The third kappa shape index (κ3) is 6.40. The van der Waals surface area contributed by atoms with Gasteiger partial charge in [-0.25, -0.2) is 4.98 Å². The third-order valence-electron chi connectivity index (χ3n) is 5.94. The molecule has 0 radical (unpaired) electrons. The summed E-state index contributed by atoms with van der Waals surface area (Å²) in [5.41, 5.74) is 3.41. The molecule has 2 heterocycles. The molecular weight excluding hydrogens is 444 g/mol. The third-order valence-corrected chi connectivity index (χ3v) is 6.78. The van der Waals surface area contributed by atoms with E-state index >= 15 is 0 Å². The summed E-state index contributed by atoms with van der Waals surface area (Å²) in [5, 5.41) is 5.29. The topological polar surface area (TPSA) is 65.5 Å². The van der Waals surface area contributed by atoms with E-state index in [0.29, 0.717) is 10.8 Å². The Hall–Kier alpha value is -3.29. The van der Waals surface area contributed by atoms with Crippen molar-refractivity contribution in [2.45, 2.75) is 33.2 Å². The van der Waals surface area contributed by atoms with E-state index < -0.39 is 0 Å². The number of amides is 2. The normalized spacial score (nSPS) is 14.9. The largest absolute Gasteiger partial charge is 0.323 e. The first kappa shape index (κ1) is 23.9. The molecule has 1 aliphatic heterocycles. The van der Waals surface area contributed by atoms with Gasteiger partial charge in [0.25, 0.3) is 0 Å². The summed E-state index contributed by atoms with van der Waals surface area (Å²) < 4.78 is 0. The van der Waals surface area contributed by atoms with Crippen LogP contribution >= 0.6 is 11.3 Å². The molecule has 2 aromatic carbocycles. The van der Waals surface area contributed by atoms with Crippen LogP contribution in [0.1, 0.15) is 37.9 Å². The summed E-state index contributed by atoms with van der Waals surface area (Å²) in [6, 6.07) is 17.4. The highest BCUT2D eigenvalue weighted by Crippen LogP contribution is 2.29. The van der Waals surface area contributed by atoms with Gasteiger partial charge in [-0.2, -0.15) is 0 Å². The van der Waals surface area contributed by atoms with E-state index in [-0.39, 0.29) is 11.8 Å². The van der Waals surface area contributed by atoms with Gasteiger partial charge in [0.1, 0.15) is 0 Å². The Morgan fingerprint density at radius 3 is 2.50 bits per heavy atom. The average molecular weight is 475 g/mol. The van der Waals surface area contributed by atoms with E-state index in [1.165, 1.54) is 42.7 Å². The van der Waals surface area contributed by atoms with Gasteiger partial charge >= 0.3 is 0 Å². The molecule has 0 bridgehead atoms. The number of anilines is 3. The Bertz CT molecular complexity index is 1130. The number of nitrogens with zero attached hydrogens (tertiary/aromatic N) is 3. The minimum Gasteiger partial charge on any atom is -0.323 e. The van der Waals surface area contributed by atoms with Gasteiger partial charge in [-0.15, -0.1) is 11.3 Å². The highest BCUT2D eigenvalue weighted by Gasteiger charge is 2.17. The smallest absolute Gasteiger partial charge is 0.248 e. The van der Waals surface area contributed by atoms with E-state index in [0.717, 1.165) is 36.9 Å². The number of piperidine rings is 1. The molecule has 0 aliphatic carbocycles. The molecule has 0 saturated carbocycles. The van der Waals surface area contributed by atoms with E-state index in [1.807, 2.05) is 47.8 Å². The Morgan fingerprint density at radius 2 is 1.82 bits per heavy atom. The Kier molecular flexibility index (Phi) is 7.87. The lowest BCUT2D eigenvalue weighted by Crippen LogP contribution is -2.32. The summed E-state index contributed by atoms with van der Waals surface area (Å²) >= 11 is 1.36. The fourth-order valence-corrected chi connectivity index (χ4v) is 4.83. The number of hydrogen-bond donors (Lipinski definition) is 1. The van der Waals surface area contributed by atoms with Gasteiger partial charge in [0.2, 0.25) is 11.8 Å². The zero-order chi connectivity index (χ0) is 23.9. The van der Waals surface area contributed by atoms with Gasteiger partial charge in [-0.3, -0.25) is 19.4 Å². The van der Waals surface area contributed by atoms with Crippen LogP contribution in [0.25, 0.3) is 6.08 Å². The van der Waals surface area contributed by atoms with Crippen LogP contribution in [0.4, 0.5) is 16.5 Å². The van der Waals surface area contributed by atoms with Gasteiger partial charge in [0, 0.05) is 30.6 Å². The number of aromatic nitrogens is 1. The molecule has 6 nitrogen and oxygen atoms in total. The quantitative estimate of drug-likeness (QED) is 0.445. The van der Waals surface area contributed by atoms with Gasteiger partial charge in [0.15, 0.2) is 5.13 Å². The van der Waals surface area contributed by atoms with Crippen LogP contribution in [0.5, 0.6) is 0 Å². The van der Waals surface area contributed by atoms with E-state index in [1.54, 1.807) is 11.0 Å². The van der Waals surface area contributed by atoms with Crippen LogP contribution in [0.3, 0.4) is 0 Å². The van der Waals surface area contributed by atoms with Crippen LogP contribution in [0.2, 0.25) is 0 Å². The first-order chi connectivity index (χ1) is 16.5. The minimum atomic E-state index is -0.223. The number of hydrogen-bond acceptors (Lipinski definition) is 5. The van der Waals surface area contributed by atoms with Crippen LogP contribution in [-0.2, 0) is 16.1 Å². The highest BCUT2D eigenvalue weighted by molar-refractivity contribution is 7.14. The molecule has 1 fully saturated rings. The van der Waals surface area contributed by atoms with Gasteiger partial charge < -0.3 is 5.32 Å². The predicted octanol–water partition coefficient (Wildman–Crippen LogP) is 5.71. The maximum absolute atomic E-state index is 12.4. The summed E-state index contributed by atoms with van der Waals surface area (Å²) in [7, 11) is 0. The fraction of sp³-hybridized carbons (Fsp3) is 0.296. The molecular formula is C27H30N4O2S. The van der Waals surface area contributed by atoms with Crippen molar-refractivity contribution in [3.8, 4) is 0 Å². The Labute approximate surface area is 204 Å². The van der Waals surface area contributed by atoms with Crippen LogP contribution in [-0.4, -0.2) is 34.8 Å². The second-order valence-electron chi connectivity index (χ2n) is 8.72. The number of thiazole rings is 1. The summed E-state index contributed by atoms with van der Waals surface area (Å²) in [6.45, 7) is 7.08. The van der Waals surface area contributed by atoms with Crippen molar-refractivity contribution in [2.24, 2.45) is 5.92 Å². The molecule has 1 aliphatic rings. The first-order valence-corrected chi connectivity index (χ1v) is 12.5. The average Bonchev–Trinajstić information content (AvgIpc) is 3.29. The summed E-state index contributed by atoms with van der Waals surface area (Å²) in [6.07, 6.45) is 5.65. The lowest BCUT2D eigenvalue weighted by Gasteiger charge is -2.30. The molecule has 1 N–H and O–H groups in total. The van der Waals surface area contributed by atoms with Gasteiger partial charge in [-0.05, 0) is 67.8 Å². The summed E-state index contributed by atoms with van der Waals surface area (Å²) in [4.78, 5) is 33.1. The van der Waals surface area contributed by atoms with Crippen LogP contribution < -0.4 is 10.2 Å². The van der Waals surface area contributed by atoms with E-state index in [9.17, 15) is 9.59 Å². The molecule has 0 spiro atoms. The van der Waals surface area contributed by atoms with Crippen molar-refractivity contribution in [1.29, 1.82) is 0 Å². The number of benzene rings is 2. The molecule has 34 heavy (non-hydrogen) atoms. The SMILES string of the molecule is CC(=O)N(c1ccccc1)c1nc(C=CC(=O)Nc2ccc(CN3CCC(C)CC3)cc2)cs1. The summed E-state index contributed by atoms with van der Waals surface area (Å²) in [5.74, 6) is 0.487. The highest BCUT2D eigenvalue weighted by atomic mass is 32.1. The molecule has 1 saturated heterocycles. The number of carbonyl (C=O) groups is 2. The van der Waals surface area contributed by atoms with Crippen molar-refractivity contribution in [3.63, 3.8) is 0 Å². The fourth-order valence-electron chi connectivity index (χ4n) is 3.98. The standard InChI is InChI=1S/C27H30N4O2S/c1-20-14-16-30(17-15-20)18-22-8-10-23(11-9-22)28-26(33)13-12-24-19-34-27(29-24)31(21(2)32)25-6-4-3-5-7-25/h3-13,19-20H,14-18H2,1-2H3,(H,28,33). The number of likely N-dealkylation sites (tertiary alicyclic amines) is 1. The molecule has 7 heteroatoms. The predicted molar refractivity (Wildman–Crippen MR) is 139 cm³/mol. The van der Waals surface area contributed by atoms with Gasteiger partial charge in [0.05, 0.1) is 11.4 Å². The number of nitrogens with one attached hydrogen (secondary N) is 1. The van der Waals surface area contributed by atoms with Crippen LogP contribution in [0, 0.1) is 5.92 Å².